The van der Waals surface area contributed by atoms with Gasteiger partial charge in [0.05, 0.1) is 13.2 Å². The van der Waals surface area contributed by atoms with Gasteiger partial charge in [0.15, 0.2) is 0 Å². The molecule has 16 heavy (non-hydrogen) atoms. The Balaban J connectivity index is 1.87. The molecular weight excluding hydrogens is 200 g/mol. The van der Waals surface area contributed by atoms with E-state index >= 15 is 0 Å². The molecule has 0 aromatic heterocycles. The molecular formula is C13H26N2O. The van der Waals surface area contributed by atoms with Gasteiger partial charge in [-0.1, -0.05) is 13.8 Å². The van der Waals surface area contributed by atoms with Gasteiger partial charge in [0.25, 0.3) is 0 Å². The maximum absolute atomic E-state index is 6.15. The fraction of sp³-hybridized carbons (Fsp3) is 1.00. The van der Waals surface area contributed by atoms with Crippen LogP contribution in [0.25, 0.3) is 0 Å². The lowest BCUT2D eigenvalue weighted by Crippen LogP contribution is -2.47. The largest absolute Gasteiger partial charge is 0.379 e. The molecule has 1 saturated carbocycles. The average molecular weight is 226 g/mol. The average Bonchev–Trinajstić information content (AvgIpc) is 2.96. The van der Waals surface area contributed by atoms with Crippen LogP contribution in [0.2, 0.25) is 0 Å². The summed E-state index contributed by atoms with van der Waals surface area (Å²) in [6.07, 6.45) is 4.10. The third kappa shape index (κ3) is 2.96. The Morgan fingerprint density at radius 1 is 1.44 bits per heavy atom. The highest BCUT2D eigenvalue weighted by Crippen LogP contribution is 2.33. The summed E-state index contributed by atoms with van der Waals surface area (Å²) >= 11 is 0. The van der Waals surface area contributed by atoms with Gasteiger partial charge < -0.3 is 15.4 Å². The third-order valence-electron chi connectivity index (χ3n) is 3.96. The van der Waals surface area contributed by atoms with E-state index in [9.17, 15) is 0 Å². The molecule has 2 atom stereocenters. The first-order chi connectivity index (χ1) is 7.64. The van der Waals surface area contributed by atoms with Gasteiger partial charge in [-0.3, -0.25) is 0 Å². The molecule has 2 N–H and O–H groups in total. The lowest BCUT2D eigenvalue weighted by Gasteiger charge is -2.34. The summed E-state index contributed by atoms with van der Waals surface area (Å²) < 4.78 is 5.52. The highest BCUT2D eigenvalue weighted by atomic mass is 16.5. The van der Waals surface area contributed by atoms with E-state index in [4.69, 9.17) is 10.5 Å². The van der Waals surface area contributed by atoms with E-state index in [-0.39, 0.29) is 11.5 Å². The van der Waals surface area contributed by atoms with Gasteiger partial charge in [0.1, 0.15) is 0 Å². The molecule has 0 aromatic rings. The number of hydrogen-bond acceptors (Lipinski definition) is 3. The van der Waals surface area contributed by atoms with Crippen molar-refractivity contribution in [1.82, 2.24) is 4.90 Å². The Labute approximate surface area is 99.3 Å². The maximum atomic E-state index is 6.15. The number of ether oxygens (including phenoxy) is 1. The van der Waals surface area contributed by atoms with E-state index in [1.807, 2.05) is 0 Å². The van der Waals surface area contributed by atoms with Crippen molar-refractivity contribution in [3.63, 3.8) is 0 Å². The predicted octanol–water partition coefficient (Wildman–Crippen LogP) is 1.47. The maximum Gasteiger partial charge on any atom is 0.0624 e. The molecule has 1 aliphatic heterocycles. The molecule has 2 fully saturated rings. The van der Waals surface area contributed by atoms with Crippen LogP contribution in [0.15, 0.2) is 0 Å². The van der Waals surface area contributed by atoms with Crippen molar-refractivity contribution in [3.05, 3.63) is 0 Å². The topological polar surface area (TPSA) is 38.5 Å². The molecule has 0 aromatic carbocycles. The van der Waals surface area contributed by atoms with Crippen molar-refractivity contribution >= 4 is 0 Å². The standard InChI is InChI=1S/C13H26N2O/c1-3-6-15(7-11-4-5-11)9-13(2)10-16-8-12(13)14/h11-12H,3-10,14H2,1-2H3. The molecule has 2 rings (SSSR count). The Hall–Kier alpha value is -0.120. The van der Waals surface area contributed by atoms with Crippen molar-refractivity contribution in [2.24, 2.45) is 17.1 Å². The Kier molecular flexibility index (Phi) is 3.88. The summed E-state index contributed by atoms with van der Waals surface area (Å²) in [6.45, 7) is 9.69. The highest BCUT2D eigenvalue weighted by Gasteiger charge is 2.39. The van der Waals surface area contributed by atoms with E-state index in [2.05, 4.69) is 18.7 Å². The minimum absolute atomic E-state index is 0.171. The number of rotatable bonds is 6. The molecule has 1 heterocycles. The van der Waals surface area contributed by atoms with Crippen molar-refractivity contribution in [2.75, 3.05) is 32.8 Å². The molecule has 2 aliphatic rings. The van der Waals surface area contributed by atoms with Crippen LogP contribution >= 0.6 is 0 Å². The molecule has 94 valence electrons. The zero-order valence-corrected chi connectivity index (χ0v) is 10.7. The normalized spacial score (nSPS) is 34.9. The highest BCUT2D eigenvalue weighted by molar-refractivity contribution is 4.93. The lowest BCUT2D eigenvalue weighted by molar-refractivity contribution is 0.116. The summed E-state index contributed by atoms with van der Waals surface area (Å²) in [7, 11) is 0. The van der Waals surface area contributed by atoms with Gasteiger partial charge in [-0.05, 0) is 31.7 Å². The van der Waals surface area contributed by atoms with E-state index < -0.39 is 0 Å². The second-order valence-corrected chi connectivity index (χ2v) is 5.95. The molecule has 2 unspecified atom stereocenters. The molecule has 1 saturated heterocycles. The van der Waals surface area contributed by atoms with Crippen LogP contribution < -0.4 is 5.73 Å². The van der Waals surface area contributed by atoms with Crippen LogP contribution in [0.4, 0.5) is 0 Å². The van der Waals surface area contributed by atoms with E-state index in [0.717, 1.165) is 25.7 Å². The van der Waals surface area contributed by atoms with Crippen LogP contribution in [-0.4, -0.2) is 43.8 Å². The monoisotopic (exact) mass is 226 g/mol. The predicted molar refractivity (Wildman–Crippen MR) is 66.4 cm³/mol. The molecule has 0 amide bonds. The zero-order valence-electron chi connectivity index (χ0n) is 10.7. The fourth-order valence-electron chi connectivity index (χ4n) is 2.62. The molecule has 3 heteroatoms. The summed E-state index contributed by atoms with van der Waals surface area (Å²) in [5, 5.41) is 0. The van der Waals surface area contributed by atoms with Gasteiger partial charge in [-0.25, -0.2) is 0 Å². The van der Waals surface area contributed by atoms with Crippen molar-refractivity contribution in [2.45, 2.75) is 39.2 Å². The first-order valence-electron chi connectivity index (χ1n) is 6.70. The molecule has 0 bridgehead atoms. The van der Waals surface area contributed by atoms with Crippen LogP contribution in [0.3, 0.4) is 0 Å². The van der Waals surface area contributed by atoms with Gasteiger partial charge in [0, 0.05) is 24.5 Å². The quantitative estimate of drug-likeness (QED) is 0.745. The summed E-state index contributed by atoms with van der Waals surface area (Å²) in [5.41, 5.74) is 6.32. The molecule has 0 spiro atoms. The van der Waals surface area contributed by atoms with Gasteiger partial charge in [-0.2, -0.15) is 0 Å². The van der Waals surface area contributed by atoms with Crippen LogP contribution in [-0.2, 0) is 4.74 Å². The summed E-state index contributed by atoms with van der Waals surface area (Å²) in [6, 6.07) is 0.214. The minimum atomic E-state index is 0.171. The second kappa shape index (κ2) is 5.03. The molecule has 3 nitrogen and oxygen atoms in total. The van der Waals surface area contributed by atoms with Crippen molar-refractivity contribution in [1.29, 1.82) is 0 Å². The van der Waals surface area contributed by atoms with Crippen molar-refractivity contribution in [3.8, 4) is 0 Å². The first kappa shape index (κ1) is 12.3. The molecule has 1 aliphatic carbocycles. The fourth-order valence-corrected chi connectivity index (χ4v) is 2.62. The third-order valence-corrected chi connectivity index (χ3v) is 3.96. The van der Waals surface area contributed by atoms with Crippen LogP contribution in [0, 0.1) is 11.3 Å². The number of hydrogen-bond donors (Lipinski definition) is 1. The number of nitrogens with two attached hydrogens (primary N) is 1. The van der Waals surface area contributed by atoms with E-state index in [1.165, 1.54) is 32.4 Å². The van der Waals surface area contributed by atoms with Gasteiger partial charge in [-0.15, -0.1) is 0 Å². The Morgan fingerprint density at radius 3 is 2.69 bits per heavy atom. The lowest BCUT2D eigenvalue weighted by atomic mass is 9.85. The molecule has 0 radical (unpaired) electrons. The zero-order chi connectivity index (χ0) is 11.6. The number of nitrogens with zero attached hydrogens (tertiary/aromatic N) is 1. The van der Waals surface area contributed by atoms with Crippen LogP contribution in [0.1, 0.15) is 33.1 Å². The van der Waals surface area contributed by atoms with Gasteiger partial charge >= 0.3 is 0 Å². The van der Waals surface area contributed by atoms with Crippen molar-refractivity contribution < 1.29 is 4.74 Å². The smallest absolute Gasteiger partial charge is 0.0624 e. The first-order valence-corrected chi connectivity index (χ1v) is 6.70. The Morgan fingerprint density at radius 2 is 2.19 bits per heavy atom. The van der Waals surface area contributed by atoms with E-state index in [0.29, 0.717) is 0 Å². The van der Waals surface area contributed by atoms with E-state index in [1.54, 1.807) is 0 Å². The second-order valence-electron chi connectivity index (χ2n) is 5.95. The summed E-state index contributed by atoms with van der Waals surface area (Å²) in [5.74, 6) is 0.966. The summed E-state index contributed by atoms with van der Waals surface area (Å²) in [4.78, 5) is 2.60. The minimum Gasteiger partial charge on any atom is -0.379 e. The Bertz CT molecular complexity index is 230. The SMILES string of the molecule is CCCN(CC1CC1)CC1(C)COCC1N. The van der Waals surface area contributed by atoms with Crippen LogP contribution in [0.5, 0.6) is 0 Å². The van der Waals surface area contributed by atoms with Gasteiger partial charge in [0.2, 0.25) is 0 Å².